The van der Waals surface area contributed by atoms with Gasteiger partial charge in [-0.25, -0.2) is 4.68 Å². The van der Waals surface area contributed by atoms with Gasteiger partial charge < -0.3 is 14.8 Å². The number of benzene rings is 1. The van der Waals surface area contributed by atoms with Gasteiger partial charge in [0.25, 0.3) is 0 Å². The van der Waals surface area contributed by atoms with E-state index in [1.165, 1.54) is 12.8 Å². The summed E-state index contributed by atoms with van der Waals surface area (Å²) in [5, 5.41) is 7.64. The largest absolute Gasteiger partial charge is 0.492 e. The Hall–Kier alpha value is -2.53. The molecule has 2 heterocycles. The van der Waals surface area contributed by atoms with Crippen molar-refractivity contribution >= 4 is 0 Å². The second-order valence-electron chi connectivity index (χ2n) is 5.95. The molecule has 1 unspecified atom stereocenters. The number of allylic oxidation sites excluding steroid dienone is 2. The van der Waals surface area contributed by atoms with Crippen molar-refractivity contribution in [1.82, 2.24) is 15.1 Å². The van der Waals surface area contributed by atoms with E-state index in [-0.39, 0.29) is 0 Å². The highest BCUT2D eigenvalue weighted by Crippen LogP contribution is 2.15. The first kappa shape index (κ1) is 17.3. The molecule has 0 bridgehead atoms. The molecule has 5 heteroatoms. The Labute approximate surface area is 149 Å². The SMILES string of the molecule is C/C=C(\C=C/COc1ccc(-n2cccn2)cc1)OCC1CCCN1. The summed E-state index contributed by atoms with van der Waals surface area (Å²) in [6.07, 6.45) is 12.0. The zero-order valence-corrected chi connectivity index (χ0v) is 14.6. The van der Waals surface area contributed by atoms with Crippen LogP contribution >= 0.6 is 0 Å². The van der Waals surface area contributed by atoms with Gasteiger partial charge in [-0.1, -0.05) is 0 Å². The highest BCUT2D eigenvalue weighted by atomic mass is 16.5. The molecule has 5 nitrogen and oxygen atoms in total. The minimum Gasteiger partial charge on any atom is -0.492 e. The molecule has 0 radical (unpaired) electrons. The molecule has 1 aliphatic rings. The molecule has 1 aliphatic heterocycles. The summed E-state index contributed by atoms with van der Waals surface area (Å²) >= 11 is 0. The van der Waals surface area contributed by atoms with Crippen LogP contribution in [0.4, 0.5) is 0 Å². The van der Waals surface area contributed by atoms with Crippen LogP contribution in [-0.4, -0.2) is 35.6 Å². The Morgan fingerprint density at radius 1 is 1.36 bits per heavy atom. The highest BCUT2D eigenvalue weighted by molar-refractivity contribution is 5.36. The van der Waals surface area contributed by atoms with E-state index in [2.05, 4.69) is 10.4 Å². The summed E-state index contributed by atoms with van der Waals surface area (Å²) in [5.74, 6) is 1.71. The summed E-state index contributed by atoms with van der Waals surface area (Å²) < 4.78 is 13.4. The maximum absolute atomic E-state index is 5.83. The Kier molecular flexibility index (Phi) is 6.29. The van der Waals surface area contributed by atoms with E-state index in [0.29, 0.717) is 12.6 Å². The van der Waals surface area contributed by atoms with Crippen LogP contribution in [0, 0.1) is 0 Å². The number of hydrogen-bond donors (Lipinski definition) is 1. The van der Waals surface area contributed by atoms with Crippen LogP contribution in [0.3, 0.4) is 0 Å². The van der Waals surface area contributed by atoms with E-state index in [4.69, 9.17) is 9.47 Å². The molecule has 2 aromatic rings. The van der Waals surface area contributed by atoms with Gasteiger partial charge in [-0.05, 0) is 74.9 Å². The number of aromatic nitrogens is 2. The van der Waals surface area contributed by atoms with Crippen molar-refractivity contribution in [3.63, 3.8) is 0 Å². The third-order valence-corrected chi connectivity index (χ3v) is 4.13. The van der Waals surface area contributed by atoms with Gasteiger partial charge >= 0.3 is 0 Å². The standard InChI is InChI=1S/C20H25N3O2/c1-2-19(25-16-17-6-3-12-21-17)7-4-15-24-20-10-8-18(9-11-20)23-14-5-13-22-23/h2,4-5,7-11,13-14,17,21H,3,6,12,15-16H2,1H3/b7-4-,19-2+. The maximum Gasteiger partial charge on any atom is 0.119 e. The number of rotatable bonds is 8. The van der Waals surface area contributed by atoms with Crippen LogP contribution in [-0.2, 0) is 4.74 Å². The first-order valence-electron chi connectivity index (χ1n) is 8.77. The quantitative estimate of drug-likeness (QED) is 0.591. The van der Waals surface area contributed by atoms with Crippen LogP contribution in [0.2, 0.25) is 0 Å². The molecule has 132 valence electrons. The minimum absolute atomic E-state index is 0.480. The Morgan fingerprint density at radius 2 is 2.24 bits per heavy atom. The van der Waals surface area contributed by atoms with Gasteiger partial charge in [0.2, 0.25) is 0 Å². The lowest BCUT2D eigenvalue weighted by Gasteiger charge is -2.12. The summed E-state index contributed by atoms with van der Waals surface area (Å²) in [6, 6.07) is 10.3. The minimum atomic E-state index is 0.480. The van der Waals surface area contributed by atoms with Gasteiger partial charge in [0.15, 0.2) is 0 Å². The molecule has 0 amide bonds. The summed E-state index contributed by atoms with van der Waals surface area (Å²) in [5.41, 5.74) is 1.01. The lowest BCUT2D eigenvalue weighted by atomic mass is 10.2. The zero-order valence-electron chi connectivity index (χ0n) is 14.6. The first-order chi connectivity index (χ1) is 12.3. The van der Waals surface area contributed by atoms with Crippen LogP contribution in [0.1, 0.15) is 19.8 Å². The van der Waals surface area contributed by atoms with E-state index >= 15 is 0 Å². The normalized spacial score (nSPS) is 18.0. The van der Waals surface area contributed by atoms with E-state index in [1.807, 2.05) is 66.4 Å². The molecule has 1 fully saturated rings. The van der Waals surface area contributed by atoms with Gasteiger partial charge in [0, 0.05) is 18.4 Å². The lowest BCUT2D eigenvalue weighted by molar-refractivity contribution is 0.196. The summed E-state index contributed by atoms with van der Waals surface area (Å²) in [6.45, 7) is 4.31. The monoisotopic (exact) mass is 339 g/mol. The van der Waals surface area contributed by atoms with Crippen LogP contribution in [0.15, 0.2) is 66.7 Å². The Morgan fingerprint density at radius 3 is 2.92 bits per heavy atom. The fourth-order valence-corrected chi connectivity index (χ4v) is 2.75. The average Bonchev–Trinajstić information content (AvgIpc) is 3.35. The molecule has 0 aliphatic carbocycles. The average molecular weight is 339 g/mol. The molecule has 1 atom stereocenters. The van der Waals surface area contributed by atoms with Gasteiger partial charge in [0.05, 0.1) is 5.69 Å². The topological polar surface area (TPSA) is 48.3 Å². The van der Waals surface area contributed by atoms with Crippen LogP contribution in [0.5, 0.6) is 5.75 Å². The van der Waals surface area contributed by atoms with Crippen molar-refractivity contribution in [3.05, 3.63) is 66.7 Å². The number of ether oxygens (including phenoxy) is 2. The summed E-state index contributed by atoms with van der Waals surface area (Å²) in [4.78, 5) is 0. The predicted molar refractivity (Wildman–Crippen MR) is 98.9 cm³/mol. The Bertz CT molecular complexity index is 684. The van der Waals surface area contributed by atoms with Gasteiger partial charge in [0.1, 0.15) is 24.7 Å². The molecular weight excluding hydrogens is 314 g/mol. The molecule has 1 aromatic carbocycles. The van der Waals surface area contributed by atoms with Gasteiger partial charge in [-0.2, -0.15) is 5.10 Å². The van der Waals surface area contributed by atoms with Crippen molar-refractivity contribution in [3.8, 4) is 11.4 Å². The second kappa shape index (κ2) is 9.08. The fourth-order valence-electron chi connectivity index (χ4n) is 2.75. The third kappa shape index (κ3) is 5.22. The van der Waals surface area contributed by atoms with Crippen molar-refractivity contribution in [2.24, 2.45) is 0 Å². The van der Waals surface area contributed by atoms with E-state index < -0.39 is 0 Å². The van der Waals surface area contributed by atoms with E-state index in [0.717, 1.165) is 30.3 Å². The molecule has 1 N–H and O–H groups in total. The zero-order chi connectivity index (χ0) is 17.3. The maximum atomic E-state index is 5.83. The molecule has 1 saturated heterocycles. The fraction of sp³-hybridized carbons (Fsp3) is 0.350. The smallest absolute Gasteiger partial charge is 0.119 e. The predicted octanol–water partition coefficient (Wildman–Crippen LogP) is 3.48. The van der Waals surface area contributed by atoms with E-state index in [1.54, 1.807) is 6.20 Å². The Balaban J connectivity index is 1.42. The van der Waals surface area contributed by atoms with Crippen molar-refractivity contribution in [1.29, 1.82) is 0 Å². The highest BCUT2D eigenvalue weighted by Gasteiger charge is 2.14. The number of nitrogens with zero attached hydrogens (tertiary/aromatic N) is 2. The molecule has 1 aromatic heterocycles. The first-order valence-corrected chi connectivity index (χ1v) is 8.77. The van der Waals surface area contributed by atoms with Crippen molar-refractivity contribution in [2.45, 2.75) is 25.8 Å². The molecule has 0 saturated carbocycles. The van der Waals surface area contributed by atoms with Crippen molar-refractivity contribution < 1.29 is 9.47 Å². The number of hydrogen-bond acceptors (Lipinski definition) is 4. The molecule has 25 heavy (non-hydrogen) atoms. The van der Waals surface area contributed by atoms with Gasteiger partial charge in [-0.15, -0.1) is 0 Å². The van der Waals surface area contributed by atoms with Crippen LogP contribution in [0.25, 0.3) is 5.69 Å². The molecule has 3 rings (SSSR count). The number of nitrogens with one attached hydrogen (secondary N) is 1. The lowest BCUT2D eigenvalue weighted by Crippen LogP contribution is -2.26. The molecule has 0 spiro atoms. The van der Waals surface area contributed by atoms with Gasteiger partial charge in [-0.3, -0.25) is 0 Å². The molecular formula is C20H25N3O2. The van der Waals surface area contributed by atoms with Crippen molar-refractivity contribution in [2.75, 3.05) is 19.8 Å². The summed E-state index contributed by atoms with van der Waals surface area (Å²) in [7, 11) is 0. The third-order valence-electron chi connectivity index (χ3n) is 4.13. The van der Waals surface area contributed by atoms with Crippen LogP contribution < -0.4 is 10.1 Å². The van der Waals surface area contributed by atoms with E-state index in [9.17, 15) is 0 Å². The second-order valence-corrected chi connectivity index (χ2v) is 5.95.